The van der Waals surface area contributed by atoms with Gasteiger partial charge in [-0.3, -0.25) is 0 Å². The van der Waals surface area contributed by atoms with Gasteiger partial charge in [-0.15, -0.1) is 0 Å². The van der Waals surface area contributed by atoms with E-state index in [4.69, 9.17) is 0 Å². The lowest BCUT2D eigenvalue weighted by Gasteiger charge is -2.21. The summed E-state index contributed by atoms with van der Waals surface area (Å²) in [6.45, 7) is 5.85. The number of aliphatic hydroxyl groups excluding tert-OH is 1. The lowest BCUT2D eigenvalue weighted by atomic mass is 10.1. The standard InChI is InChI=1S/C13H20FNO/c1-9(8-10(2)16)15-11(3)12-4-6-13(14)7-5-12/h4-7,9-11,15-16H,8H2,1-3H3. The summed E-state index contributed by atoms with van der Waals surface area (Å²) < 4.78 is 12.7. The monoisotopic (exact) mass is 225 g/mol. The highest BCUT2D eigenvalue weighted by molar-refractivity contribution is 5.19. The molecule has 0 saturated carbocycles. The molecule has 0 heterocycles. The van der Waals surface area contributed by atoms with Crippen LogP contribution in [0.4, 0.5) is 4.39 Å². The zero-order valence-corrected chi connectivity index (χ0v) is 10.1. The highest BCUT2D eigenvalue weighted by Gasteiger charge is 2.11. The number of hydrogen-bond acceptors (Lipinski definition) is 2. The molecule has 0 fully saturated rings. The van der Waals surface area contributed by atoms with Crippen LogP contribution in [-0.4, -0.2) is 17.3 Å². The van der Waals surface area contributed by atoms with Crippen molar-refractivity contribution in [3.05, 3.63) is 35.6 Å². The van der Waals surface area contributed by atoms with Crippen LogP contribution >= 0.6 is 0 Å². The smallest absolute Gasteiger partial charge is 0.123 e. The molecule has 90 valence electrons. The summed E-state index contributed by atoms with van der Waals surface area (Å²) in [4.78, 5) is 0. The lowest BCUT2D eigenvalue weighted by Crippen LogP contribution is -2.31. The second-order valence-electron chi connectivity index (χ2n) is 4.43. The van der Waals surface area contributed by atoms with E-state index in [9.17, 15) is 9.50 Å². The fraction of sp³-hybridized carbons (Fsp3) is 0.538. The van der Waals surface area contributed by atoms with E-state index in [2.05, 4.69) is 5.32 Å². The second kappa shape index (κ2) is 5.97. The van der Waals surface area contributed by atoms with Crippen molar-refractivity contribution in [3.8, 4) is 0 Å². The van der Waals surface area contributed by atoms with Gasteiger partial charge in [-0.05, 0) is 44.9 Å². The van der Waals surface area contributed by atoms with Crippen molar-refractivity contribution in [3.63, 3.8) is 0 Å². The van der Waals surface area contributed by atoms with Gasteiger partial charge in [0, 0.05) is 12.1 Å². The Labute approximate surface area is 96.5 Å². The van der Waals surface area contributed by atoms with Crippen molar-refractivity contribution < 1.29 is 9.50 Å². The molecular formula is C13H20FNO. The first-order valence-electron chi connectivity index (χ1n) is 5.68. The molecule has 0 radical (unpaired) electrons. The van der Waals surface area contributed by atoms with Crippen LogP contribution < -0.4 is 5.32 Å². The summed E-state index contributed by atoms with van der Waals surface area (Å²) >= 11 is 0. The van der Waals surface area contributed by atoms with E-state index >= 15 is 0 Å². The van der Waals surface area contributed by atoms with Crippen molar-refractivity contribution in [2.75, 3.05) is 0 Å². The van der Waals surface area contributed by atoms with E-state index in [0.717, 1.165) is 5.56 Å². The molecule has 2 nitrogen and oxygen atoms in total. The van der Waals surface area contributed by atoms with Crippen LogP contribution in [0, 0.1) is 5.82 Å². The fourth-order valence-electron chi connectivity index (χ4n) is 1.85. The van der Waals surface area contributed by atoms with Crippen LogP contribution in [0.3, 0.4) is 0 Å². The van der Waals surface area contributed by atoms with Gasteiger partial charge < -0.3 is 10.4 Å². The predicted molar refractivity (Wildman–Crippen MR) is 63.7 cm³/mol. The van der Waals surface area contributed by atoms with Gasteiger partial charge in [0.2, 0.25) is 0 Å². The molecule has 0 amide bonds. The molecule has 16 heavy (non-hydrogen) atoms. The van der Waals surface area contributed by atoms with Gasteiger partial charge in [0.15, 0.2) is 0 Å². The van der Waals surface area contributed by atoms with E-state index in [1.807, 2.05) is 13.8 Å². The Bertz CT molecular complexity index is 310. The molecule has 1 aromatic rings. The third-order valence-electron chi connectivity index (χ3n) is 2.60. The molecular weight excluding hydrogens is 205 g/mol. The van der Waals surface area contributed by atoms with Crippen LogP contribution in [-0.2, 0) is 0 Å². The molecule has 0 aliphatic carbocycles. The Hall–Kier alpha value is -0.930. The normalized spacial score (nSPS) is 16.8. The number of rotatable bonds is 5. The summed E-state index contributed by atoms with van der Waals surface area (Å²) in [5.74, 6) is -0.215. The van der Waals surface area contributed by atoms with Crippen molar-refractivity contribution in [2.45, 2.75) is 45.4 Å². The maximum atomic E-state index is 12.7. The Kier molecular flexibility index (Phi) is 4.90. The van der Waals surface area contributed by atoms with Gasteiger partial charge >= 0.3 is 0 Å². The van der Waals surface area contributed by atoms with E-state index < -0.39 is 0 Å². The van der Waals surface area contributed by atoms with Crippen molar-refractivity contribution in [1.29, 1.82) is 0 Å². The minimum absolute atomic E-state index is 0.161. The average molecular weight is 225 g/mol. The van der Waals surface area contributed by atoms with Crippen LogP contribution in [0.25, 0.3) is 0 Å². The summed E-state index contributed by atoms with van der Waals surface area (Å²) in [7, 11) is 0. The third kappa shape index (κ3) is 4.29. The van der Waals surface area contributed by atoms with Gasteiger partial charge in [0.1, 0.15) is 5.82 Å². The Morgan fingerprint density at radius 1 is 1.19 bits per heavy atom. The molecule has 3 atom stereocenters. The molecule has 0 aliphatic heterocycles. The fourth-order valence-corrected chi connectivity index (χ4v) is 1.85. The van der Waals surface area contributed by atoms with Gasteiger partial charge in [0.25, 0.3) is 0 Å². The molecule has 1 aromatic carbocycles. The van der Waals surface area contributed by atoms with Crippen LogP contribution in [0.15, 0.2) is 24.3 Å². The van der Waals surface area contributed by atoms with Crippen LogP contribution in [0.5, 0.6) is 0 Å². The average Bonchev–Trinajstić information content (AvgIpc) is 2.16. The SMILES string of the molecule is CC(O)CC(C)NC(C)c1ccc(F)cc1. The van der Waals surface area contributed by atoms with Crippen molar-refractivity contribution >= 4 is 0 Å². The van der Waals surface area contributed by atoms with E-state index in [1.54, 1.807) is 19.1 Å². The van der Waals surface area contributed by atoms with Gasteiger partial charge in [-0.2, -0.15) is 0 Å². The van der Waals surface area contributed by atoms with Crippen molar-refractivity contribution in [2.24, 2.45) is 0 Å². The maximum Gasteiger partial charge on any atom is 0.123 e. The Balaban J connectivity index is 2.51. The molecule has 0 bridgehead atoms. The molecule has 0 saturated heterocycles. The molecule has 3 heteroatoms. The van der Waals surface area contributed by atoms with E-state index in [0.29, 0.717) is 6.42 Å². The minimum atomic E-state index is -0.303. The Morgan fingerprint density at radius 3 is 2.25 bits per heavy atom. The van der Waals surface area contributed by atoms with Gasteiger partial charge in [0.05, 0.1) is 6.10 Å². The second-order valence-corrected chi connectivity index (χ2v) is 4.43. The number of aliphatic hydroxyl groups is 1. The Morgan fingerprint density at radius 2 is 1.75 bits per heavy atom. The zero-order chi connectivity index (χ0) is 12.1. The number of halogens is 1. The van der Waals surface area contributed by atoms with Gasteiger partial charge in [-0.25, -0.2) is 4.39 Å². The third-order valence-corrected chi connectivity index (χ3v) is 2.60. The maximum absolute atomic E-state index is 12.7. The van der Waals surface area contributed by atoms with Gasteiger partial charge in [-0.1, -0.05) is 12.1 Å². The quantitative estimate of drug-likeness (QED) is 0.807. The largest absolute Gasteiger partial charge is 0.393 e. The van der Waals surface area contributed by atoms with Crippen LogP contribution in [0.2, 0.25) is 0 Å². The molecule has 0 aromatic heterocycles. The molecule has 3 unspecified atom stereocenters. The summed E-state index contributed by atoms with van der Waals surface area (Å²) in [6.07, 6.45) is 0.411. The summed E-state index contributed by atoms with van der Waals surface area (Å²) in [5.41, 5.74) is 1.05. The first kappa shape index (κ1) is 13.1. The minimum Gasteiger partial charge on any atom is -0.393 e. The predicted octanol–water partition coefficient (Wildman–Crippen LogP) is 2.64. The highest BCUT2D eigenvalue weighted by atomic mass is 19.1. The van der Waals surface area contributed by atoms with E-state index in [1.165, 1.54) is 12.1 Å². The summed E-state index contributed by atoms with van der Waals surface area (Å²) in [5, 5.41) is 12.6. The first-order chi connectivity index (χ1) is 7.49. The van der Waals surface area contributed by atoms with E-state index in [-0.39, 0.29) is 24.0 Å². The number of hydrogen-bond donors (Lipinski definition) is 2. The van der Waals surface area contributed by atoms with Crippen molar-refractivity contribution in [1.82, 2.24) is 5.32 Å². The highest BCUT2D eigenvalue weighted by Crippen LogP contribution is 2.14. The number of benzene rings is 1. The molecule has 2 N–H and O–H groups in total. The molecule has 0 aliphatic rings. The van der Waals surface area contributed by atoms with Crippen LogP contribution in [0.1, 0.15) is 38.8 Å². The molecule has 1 rings (SSSR count). The summed E-state index contributed by atoms with van der Waals surface area (Å²) in [6, 6.07) is 6.89. The first-order valence-corrected chi connectivity index (χ1v) is 5.68. The number of nitrogens with one attached hydrogen (secondary N) is 1. The zero-order valence-electron chi connectivity index (χ0n) is 10.1. The lowest BCUT2D eigenvalue weighted by molar-refractivity contribution is 0.168. The topological polar surface area (TPSA) is 32.3 Å². The molecule has 0 spiro atoms.